The second kappa shape index (κ2) is 6.69. The minimum absolute atomic E-state index is 0.161. The summed E-state index contributed by atoms with van der Waals surface area (Å²) in [5.41, 5.74) is 2.48. The molecule has 1 aromatic heterocycles. The number of rotatable bonds is 4. The summed E-state index contributed by atoms with van der Waals surface area (Å²) in [6, 6.07) is 13.8. The molecule has 0 saturated heterocycles. The maximum Gasteiger partial charge on any atom is 0.255 e. The van der Waals surface area contributed by atoms with Crippen LogP contribution in [0.2, 0.25) is 0 Å². The van der Waals surface area contributed by atoms with Crippen LogP contribution in [0.3, 0.4) is 0 Å². The van der Waals surface area contributed by atoms with Crippen molar-refractivity contribution in [1.82, 2.24) is 20.2 Å². The average molecular weight is 322 g/mol. The molecule has 24 heavy (non-hydrogen) atoms. The van der Waals surface area contributed by atoms with E-state index in [1.807, 2.05) is 6.07 Å². The molecular weight excluding hydrogens is 308 g/mol. The first-order chi connectivity index (χ1) is 11.6. The second-order valence-corrected chi connectivity index (χ2v) is 5.02. The smallest absolute Gasteiger partial charge is 0.255 e. The maximum atomic E-state index is 12.3. The van der Waals surface area contributed by atoms with Gasteiger partial charge in [0, 0.05) is 23.9 Å². The quantitative estimate of drug-likeness (QED) is 0.763. The summed E-state index contributed by atoms with van der Waals surface area (Å²) in [7, 11) is 0. The van der Waals surface area contributed by atoms with Gasteiger partial charge in [-0.25, -0.2) is 4.68 Å². The fourth-order valence-electron chi connectivity index (χ4n) is 2.12. The lowest BCUT2D eigenvalue weighted by molar-refractivity contribution is -0.114. The summed E-state index contributed by atoms with van der Waals surface area (Å²) < 4.78 is 1.50. The average Bonchev–Trinajstić information content (AvgIpc) is 3.10. The van der Waals surface area contributed by atoms with Crippen molar-refractivity contribution >= 4 is 23.2 Å². The minimum Gasteiger partial charge on any atom is -0.326 e. The minimum atomic E-state index is -0.252. The molecule has 0 fully saturated rings. The highest BCUT2D eigenvalue weighted by Gasteiger charge is 2.07. The number of tetrazole rings is 1. The van der Waals surface area contributed by atoms with Crippen molar-refractivity contribution in [3.05, 3.63) is 60.4 Å². The first-order valence-electron chi connectivity index (χ1n) is 7.14. The van der Waals surface area contributed by atoms with Crippen molar-refractivity contribution in [3.8, 4) is 5.69 Å². The Hall–Kier alpha value is -3.55. The molecule has 3 aromatic rings. The van der Waals surface area contributed by atoms with Gasteiger partial charge in [0.15, 0.2) is 0 Å². The summed E-state index contributed by atoms with van der Waals surface area (Å²) >= 11 is 0. The molecule has 2 amide bonds. The molecule has 2 N–H and O–H groups in total. The normalized spacial score (nSPS) is 10.2. The zero-order chi connectivity index (χ0) is 16.9. The molecule has 0 aliphatic rings. The molecule has 0 aliphatic heterocycles. The Balaban J connectivity index is 1.73. The number of carbonyl (C=O) groups excluding carboxylic acids is 2. The predicted octanol–water partition coefficient (Wildman–Crippen LogP) is 1.87. The fourth-order valence-corrected chi connectivity index (χ4v) is 2.12. The number of nitrogens with one attached hydrogen (secondary N) is 2. The molecule has 0 bridgehead atoms. The number of amides is 2. The highest BCUT2D eigenvalue weighted by atomic mass is 16.2. The molecule has 8 heteroatoms. The Morgan fingerprint density at radius 1 is 1.00 bits per heavy atom. The van der Waals surface area contributed by atoms with E-state index >= 15 is 0 Å². The third-order valence-corrected chi connectivity index (χ3v) is 3.19. The third-order valence-electron chi connectivity index (χ3n) is 3.19. The largest absolute Gasteiger partial charge is 0.326 e. The van der Waals surface area contributed by atoms with Gasteiger partial charge in [-0.2, -0.15) is 0 Å². The van der Waals surface area contributed by atoms with Gasteiger partial charge in [0.25, 0.3) is 5.91 Å². The van der Waals surface area contributed by atoms with E-state index in [1.165, 1.54) is 17.9 Å². The molecule has 2 aromatic carbocycles. The zero-order valence-corrected chi connectivity index (χ0v) is 12.8. The van der Waals surface area contributed by atoms with E-state index in [4.69, 9.17) is 0 Å². The first kappa shape index (κ1) is 15.3. The van der Waals surface area contributed by atoms with Crippen LogP contribution >= 0.6 is 0 Å². The monoisotopic (exact) mass is 322 g/mol. The summed E-state index contributed by atoms with van der Waals surface area (Å²) in [6.45, 7) is 1.43. The second-order valence-electron chi connectivity index (χ2n) is 5.02. The van der Waals surface area contributed by atoms with Crippen molar-refractivity contribution in [2.75, 3.05) is 10.6 Å². The molecule has 0 atom stereocenters. The van der Waals surface area contributed by atoms with Gasteiger partial charge in [0.05, 0.1) is 5.69 Å². The van der Waals surface area contributed by atoms with E-state index in [0.29, 0.717) is 16.9 Å². The SMILES string of the molecule is CC(=O)Nc1ccc(C(=O)Nc2cccc(-n3cnnn3)c2)cc1. The van der Waals surface area contributed by atoms with E-state index < -0.39 is 0 Å². The van der Waals surface area contributed by atoms with E-state index in [1.54, 1.807) is 42.5 Å². The van der Waals surface area contributed by atoms with Crippen molar-refractivity contribution in [3.63, 3.8) is 0 Å². The van der Waals surface area contributed by atoms with Crippen molar-refractivity contribution in [2.24, 2.45) is 0 Å². The van der Waals surface area contributed by atoms with Crippen LogP contribution in [0.25, 0.3) is 5.69 Å². The summed E-state index contributed by atoms with van der Waals surface area (Å²) in [5, 5.41) is 16.4. The molecule has 8 nitrogen and oxygen atoms in total. The summed E-state index contributed by atoms with van der Waals surface area (Å²) in [6.07, 6.45) is 1.47. The molecule has 120 valence electrons. The molecule has 0 radical (unpaired) electrons. The predicted molar refractivity (Wildman–Crippen MR) is 87.9 cm³/mol. The lowest BCUT2D eigenvalue weighted by Gasteiger charge is -2.08. The van der Waals surface area contributed by atoms with Crippen LogP contribution < -0.4 is 10.6 Å². The number of carbonyl (C=O) groups is 2. The Kier molecular flexibility index (Phi) is 4.28. The van der Waals surface area contributed by atoms with E-state index in [2.05, 4.69) is 26.2 Å². The highest BCUT2D eigenvalue weighted by Crippen LogP contribution is 2.15. The van der Waals surface area contributed by atoms with Crippen molar-refractivity contribution in [1.29, 1.82) is 0 Å². The standard InChI is InChI=1S/C16H14N6O2/c1-11(23)18-13-7-5-12(6-8-13)16(24)19-14-3-2-4-15(9-14)22-10-17-20-21-22/h2-10H,1H3,(H,18,23)(H,19,24). The van der Waals surface area contributed by atoms with Gasteiger partial charge in [-0.15, -0.1) is 5.10 Å². The van der Waals surface area contributed by atoms with Crippen molar-refractivity contribution in [2.45, 2.75) is 6.92 Å². The Bertz CT molecular complexity index is 859. The van der Waals surface area contributed by atoms with Crippen LogP contribution in [0, 0.1) is 0 Å². The van der Waals surface area contributed by atoms with Gasteiger partial charge in [-0.1, -0.05) is 6.07 Å². The Morgan fingerprint density at radius 3 is 2.46 bits per heavy atom. The van der Waals surface area contributed by atoms with E-state index in [9.17, 15) is 9.59 Å². The fraction of sp³-hybridized carbons (Fsp3) is 0.0625. The lowest BCUT2D eigenvalue weighted by Crippen LogP contribution is -2.12. The van der Waals surface area contributed by atoms with E-state index in [0.717, 1.165) is 5.69 Å². The van der Waals surface area contributed by atoms with Crippen LogP contribution in [-0.4, -0.2) is 32.0 Å². The number of hydrogen-bond donors (Lipinski definition) is 2. The zero-order valence-electron chi connectivity index (χ0n) is 12.8. The number of anilines is 2. The van der Waals surface area contributed by atoms with Crippen LogP contribution in [0.4, 0.5) is 11.4 Å². The van der Waals surface area contributed by atoms with Crippen molar-refractivity contribution < 1.29 is 9.59 Å². The molecule has 3 rings (SSSR count). The number of hydrogen-bond acceptors (Lipinski definition) is 5. The van der Waals surface area contributed by atoms with Gasteiger partial charge in [-0.05, 0) is 52.9 Å². The van der Waals surface area contributed by atoms with Crippen LogP contribution in [0.1, 0.15) is 17.3 Å². The van der Waals surface area contributed by atoms with Gasteiger partial charge in [-0.3, -0.25) is 9.59 Å². The Morgan fingerprint density at radius 2 is 1.79 bits per heavy atom. The number of nitrogens with zero attached hydrogens (tertiary/aromatic N) is 4. The van der Waals surface area contributed by atoms with Crippen LogP contribution in [0.5, 0.6) is 0 Å². The molecule has 0 spiro atoms. The highest BCUT2D eigenvalue weighted by molar-refractivity contribution is 6.04. The maximum absolute atomic E-state index is 12.3. The topological polar surface area (TPSA) is 102 Å². The van der Waals surface area contributed by atoms with Gasteiger partial charge in [0.2, 0.25) is 5.91 Å². The molecule has 0 aliphatic carbocycles. The number of benzene rings is 2. The van der Waals surface area contributed by atoms with Gasteiger partial charge in [0.1, 0.15) is 6.33 Å². The van der Waals surface area contributed by atoms with E-state index in [-0.39, 0.29) is 11.8 Å². The third kappa shape index (κ3) is 3.61. The molecule has 0 unspecified atom stereocenters. The lowest BCUT2D eigenvalue weighted by atomic mass is 10.2. The van der Waals surface area contributed by atoms with Gasteiger partial charge < -0.3 is 10.6 Å². The first-order valence-corrected chi connectivity index (χ1v) is 7.14. The number of aromatic nitrogens is 4. The van der Waals surface area contributed by atoms with Crippen LogP contribution in [0.15, 0.2) is 54.9 Å². The van der Waals surface area contributed by atoms with Crippen LogP contribution in [-0.2, 0) is 4.79 Å². The molecule has 0 saturated carbocycles. The van der Waals surface area contributed by atoms with Gasteiger partial charge >= 0.3 is 0 Å². The molecule has 1 heterocycles. The summed E-state index contributed by atoms with van der Waals surface area (Å²) in [4.78, 5) is 23.3. The molecular formula is C16H14N6O2. The summed E-state index contributed by atoms with van der Waals surface area (Å²) in [5.74, 6) is -0.412. The Labute approximate surface area is 137 Å².